The Morgan fingerprint density at radius 2 is 1.43 bits per heavy atom. The Bertz CT molecular complexity index is 1740. The number of fused-ring (bicyclic) bond motifs is 1. The van der Waals surface area contributed by atoms with Crippen molar-refractivity contribution in [3.8, 4) is 68.6 Å². The van der Waals surface area contributed by atoms with Crippen LogP contribution >= 0.6 is 0 Å². The largest absolute Gasteiger partial charge is 0.507 e. The topological polar surface area (TPSA) is 277 Å². The maximum atomic E-state index is 12.8. The van der Waals surface area contributed by atoms with Gasteiger partial charge >= 0.3 is 5.97 Å². The molecule has 0 saturated carbocycles. The molecule has 3 aliphatic rings. The highest BCUT2D eigenvalue weighted by Crippen LogP contribution is 2.45. The van der Waals surface area contributed by atoms with Gasteiger partial charge in [-0.3, -0.25) is 4.79 Å². The number of carbonyl (C=O) groups excluding carboxylic acids is 1. The second-order valence-electron chi connectivity index (χ2n) is 9.71. The van der Waals surface area contributed by atoms with Crippen molar-refractivity contribution in [1.29, 1.82) is 0 Å². The van der Waals surface area contributed by atoms with Gasteiger partial charge in [-0.15, -0.1) is 0 Å². The summed E-state index contributed by atoms with van der Waals surface area (Å²) in [6.45, 7) is -0.853. The molecule has 1 aliphatic carbocycles. The average molecular weight is 616 g/mol. The number of phenolic OH excluding ortho intramolecular Hbond substituents is 6. The molecule has 10 N–H and O–H groups in total. The summed E-state index contributed by atoms with van der Waals surface area (Å²) in [5.74, 6) is -7.88. The Morgan fingerprint density at radius 1 is 0.773 bits per heavy atom. The first-order valence-corrected chi connectivity index (χ1v) is 12.6. The predicted molar refractivity (Wildman–Crippen MR) is 143 cm³/mol. The predicted octanol–water partition coefficient (Wildman–Crippen LogP) is 0.394. The van der Waals surface area contributed by atoms with Gasteiger partial charge in [-0.2, -0.15) is 0 Å². The van der Waals surface area contributed by atoms with Crippen molar-refractivity contribution in [3.63, 3.8) is 0 Å². The summed E-state index contributed by atoms with van der Waals surface area (Å²) < 4.78 is 21.9. The molecule has 0 amide bonds. The average Bonchev–Trinajstić information content (AvgIpc) is 2.97. The minimum atomic E-state index is -1.98. The number of ether oxygens (including phenoxy) is 3. The molecule has 1 saturated heterocycles. The lowest BCUT2D eigenvalue weighted by molar-refractivity contribution is -0.276. The molecule has 0 radical (unpaired) electrons. The molecule has 2 heterocycles. The monoisotopic (exact) mass is 616 g/mol. The maximum Gasteiger partial charge on any atom is 0.339 e. The van der Waals surface area contributed by atoms with Crippen LogP contribution in [0.1, 0.15) is 10.4 Å². The van der Waals surface area contributed by atoms with E-state index in [1.54, 1.807) is 0 Å². The quantitative estimate of drug-likeness (QED) is 0.104. The zero-order valence-electron chi connectivity index (χ0n) is 22.1. The Labute approximate surface area is 245 Å². The summed E-state index contributed by atoms with van der Waals surface area (Å²) in [5.41, 5.74) is -1.28. The SMILES string of the molecule is O=C(O[C@H]1[C@H](Oc2cc(-c3oc4cc(=O)cc(O)c-4cc3O)cc(O)c2O)O[C@H](CO)[C@H](O)[C@@H]1O)c1cc(O)c(O)c(O)c1. The molecule has 0 aromatic heterocycles. The normalized spacial score (nSPS) is 21.7. The van der Waals surface area contributed by atoms with E-state index in [9.17, 15) is 60.7 Å². The second-order valence-corrected chi connectivity index (χ2v) is 9.71. The van der Waals surface area contributed by atoms with Crippen LogP contribution < -0.4 is 10.2 Å². The smallest absolute Gasteiger partial charge is 0.339 e. The Hall–Kier alpha value is -5.42. The second kappa shape index (κ2) is 11.3. The first-order valence-electron chi connectivity index (χ1n) is 12.6. The van der Waals surface area contributed by atoms with E-state index in [4.69, 9.17) is 18.6 Å². The number of aliphatic hydroxyl groups is 3. The molecule has 16 heteroatoms. The van der Waals surface area contributed by atoms with Crippen molar-refractivity contribution in [2.24, 2.45) is 0 Å². The van der Waals surface area contributed by atoms with E-state index in [1.165, 1.54) is 0 Å². The minimum Gasteiger partial charge on any atom is -0.507 e. The number of esters is 1. The van der Waals surface area contributed by atoms with Crippen LogP contribution in [0.3, 0.4) is 0 Å². The first kappa shape index (κ1) is 30.1. The van der Waals surface area contributed by atoms with Gasteiger partial charge in [0.1, 0.15) is 29.8 Å². The van der Waals surface area contributed by atoms with E-state index >= 15 is 0 Å². The van der Waals surface area contributed by atoms with Gasteiger partial charge in [0, 0.05) is 17.7 Å². The number of aliphatic hydroxyl groups excluding tert-OH is 3. The van der Waals surface area contributed by atoms with Gasteiger partial charge in [0.15, 0.2) is 51.8 Å². The van der Waals surface area contributed by atoms with E-state index in [2.05, 4.69) is 0 Å². The number of carbonyl (C=O) groups is 1. The van der Waals surface area contributed by atoms with Gasteiger partial charge in [-0.25, -0.2) is 4.79 Å². The van der Waals surface area contributed by atoms with Crippen LogP contribution in [0.25, 0.3) is 22.6 Å². The number of hydrogen-bond donors (Lipinski definition) is 10. The van der Waals surface area contributed by atoms with Crippen LogP contribution in [0.2, 0.25) is 0 Å². The molecule has 0 unspecified atom stereocenters. The third-order valence-electron chi connectivity index (χ3n) is 6.75. The summed E-state index contributed by atoms with van der Waals surface area (Å²) in [7, 11) is 0. The number of benzene rings is 3. The van der Waals surface area contributed by atoms with Crippen LogP contribution in [0.5, 0.6) is 46.0 Å². The molecule has 2 aliphatic heterocycles. The zero-order chi connectivity index (χ0) is 32.0. The molecule has 0 spiro atoms. The van der Waals surface area contributed by atoms with E-state index < -0.39 is 100 Å². The van der Waals surface area contributed by atoms with E-state index in [0.29, 0.717) is 0 Å². The summed E-state index contributed by atoms with van der Waals surface area (Å²) in [4.78, 5) is 24.7. The van der Waals surface area contributed by atoms with Crippen LogP contribution in [-0.2, 0) is 9.47 Å². The van der Waals surface area contributed by atoms with E-state index in [0.717, 1.165) is 42.5 Å². The molecule has 2 aromatic carbocycles. The molecule has 5 atom stereocenters. The first-order chi connectivity index (χ1) is 20.8. The molecular formula is C28H24O16. The number of rotatable bonds is 6. The molecule has 0 bridgehead atoms. The number of phenols is 6. The highest BCUT2D eigenvalue weighted by molar-refractivity contribution is 5.91. The van der Waals surface area contributed by atoms with Crippen molar-refractivity contribution in [2.75, 3.05) is 6.61 Å². The fourth-order valence-corrected chi connectivity index (χ4v) is 4.52. The number of aromatic hydroxyl groups is 7. The molecule has 232 valence electrons. The summed E-state index contributed by atoms with van der Waals surface area (Å²) in [5, 5.41) is 101. The molecule has 1 fully saturated rings. The Morgan fingerprint density at radius 3 is 2.09 bits per heavy atom. The lowest BCUT2D eigenvalue weighted by atomic mass is 9.99. The van der Waals surface area contributed by atoms with Gasteiger partial charge < -0.3 is 69.7 Å². The zero-order valence-corrected chi connectivity index (χ0v) is 22.1. The Balaban J connectivity index is 1.52. The van der Waals surface area contributed by atoms with Crippen molar-refractivity contribution >= 4 is 5.97 Å². The van der Waals surface area contributed by atoms with Crippen LogP contribution in [-0.4, -0.2) is 94.3 Å². The van der Waals surface area contributed by atoms with Crippen molar-refractivity contribution in [3.05, 3.63) is 58.3 Å². The molecule has 16 nitrogen and oxygen atoms in total. The highest BCUT2D eigenvalue weighted by atomic mass is 16.7. The fraction of sp³-hybridized carbons (Fsp3) is 0.214. The minimum absolute atomic E-state index is 0.0107. The van der Waals surface area contributed by atoms with Crippen molar-refractivity contribution in [2.45, 2.75) is 30.7 Å². The lowest BCUT2D eigenvalue weighted by Crippen LogP contribution is -2.61. The number of hydrogen-bond acceptors (Lipinski definition) is 16. The highest BCUT2D eigenvalue weighted by Gasteiger charge is 2.48. The summed E-state index contributed by atoms with van der Waals surface area (Å²) in [6, 6.07) is 6.45. The van der Waals surface area contributed by atoms with Crippen LogP contribution in [0, 0.1) is 0 Å². The third kappa shape index (κ3) is 5.40. The van der Waals surface area contributed by atoms with Crippen molar-refractivity contribution < 1.29 is 74.5 Å². The van der Waals surface area contributed by atoms with Gasteiger partial charge in [0.05, 0.1) is 17.7 Å². The van der Waals surface area contributed by atoms with Gasteiger partial charge in [0.2, 0.25) is 12.0 Å². The van der Waals surface area contributed by atoms with Gasteiger partial charge in [-0.05, 0) is 30.3 Å². The molecule has 44 heavy (non-hydrogen) atoms. The van der Waals surface area contributed by atoms with Gasteiger partial charge in [0.25, 0.3) is 0 Å². The maximum absolute atomic E-state index is 12.8. The Kier molecular flexibility index (Phi) is 7.75. The summed E-state index contributed by atoms with van der Waals surface area (Å²) >= 11 is 0. The lowest BCUT2D eigenvalue weighted by Gasteiger charge is -2.41. The standard InChI is InChI=1S/C28H24O16/c29-8-20-23(38)24(39)26(44-27(40)10-2-14(32)21(36)15(33)3-10)28(43-20)42-19-4-9(1-16(34)22(19)37)25-17(35)7-12-13(31)5-11(30)6-18(12)41-25/h1-7,20,23-24,26,28-29,31-39H,8H2/t20-,23+,24+,26-,28-/m1/s1. The van der Waals surface area contributed by atoms with Gasteiger partial charge in [-0.1, -0.05) is 0 Å². The van der Waals surface area contributed by atoms with E-state index in [-0.39, 0.29) is 22.6 Å². The van der Waals surface area contributed by atoms with Crippen molar-refractivity contribution in [1.82, 2.24) is 0 Å². The molecule has 2 aromatic rings. The summed E-state index contributed by atoms with van der Waals surface area (Å²) in [6.07, 6.45) is -9.14. The molecule has 5 rings (SSSR count). The third-order valence-corrected chi connectivity index (χ3v) is 6.75. The fourth-order valence-electron chi connectivity index (χ4n) is 4.52. The van der Waals surface area contributed by atoms with Crippen LogP contribution in [0.4, 0.5) is 0 Å². The molecular weight excluding hydrogens is 592 g/mol. The van der Waals surface area contributed by atoms with Crippen LogP contribution in [0.15, 0.2) is 51.7 Å². The van der Waals surface area contributed by atoms with E-state index in [1.807, 2.05) is 0 Å².